The number of carbonyl (C=O) groups is 2. The third-order valence-electron chi connectivity index (χ3n) is 4.26. The summed E-state index contributed by atoms with van der Waals surface area (Å²) >= 11 is 6.03. The molecule has 1 unspecified atom stereocenters. The molecular formula is C16H21ClN2O5S. The number of nitrogens with zero attached hydrogens (tertiary/aromatic N) is 2. The van der Waals surface area contributed by atoms with Crippen molar-refractivity contribution in [3.05, 3.63) is 28.8 Å². The Bertz CT molecular complexity index is 781. The summed E-state index contributed by atoms with van der Waals surface area (Å²) in [5.41, 5.74) is -0.173. The lowest BCUT2D eigenvalue weighted by atomic mass is 10.1. The summed E-state index contributed by atoms with van der Waals surface area (Å²) in [6.45, 7) is 2.38. The smallest absolute Gasteiger partial charge is 0.335 e. The van der Waals surface area contributed by atoms with Crippen molar-refractivity contribution in [1.82, 2.24) is 9.21 Å². The molecule has 0 bridgehead atoms. The second-order valence-corrected chi connectivity index (χ2v) is 8.25. The van der Waals surface area contributed by atoms with Crippen molar-refractivity contribution in [1.29, 1.82) is 0 Å². The Balaban J connectivity index is 2.47. The van der Waals surface area contributed by atoms with E-state index in [1.54, 1.807) is 7.05 Å². The van der Waals surface area contributed by atoms with Crippen LogP contribution in [0, 0.1) is 0 Å². The first kappa shape index (κ1) is 19.7. The van der Waals surface area contributed by atoms with E-state index in [2.05, 4.69) is 0 Å². The number of carboxylic acid groups (broad SMARTS) is 1. The summed E-state index contributed by atoms with van der Waals surface area (Å²) < 4.78 is 27.3. The average molecular weight is 389 g/mol. The van der Waals surface area contributed by atoms with Crippen LogP contribution in [0.15, 0.2) is 23.1 Å². The third-order valence-corrected chi connectivity index (χ3v) is 6.65. The fourth-order valence-electron chi connectivity index (χ4n) is 2.81. The van der Waals surface area contributed by atoms with Gasteiger partial charge in [0.1, 0.15) is 10.9 Å². The Labute approximate surface area is 152 Å². The van der Waals surface area contributed by atoms with E-state index in [4.69, 9.17) is 16.7 Å². The predicted molar refractivity (Wildman–Crippen MR) is 93.3 cm³/mol. The van der Waals surface area contributed by atoms with Crippen molar-refractivity contribution in [2.45, 2.75) is 37.1 Å². The number of unbranched alkanes of at least 4 members (excludes halogenated alkanes) is 1. The molecule has 1 aromatic rings. The fourth-order valence-corrected chi connectivity index (χ4v) is 4.91. The first-order valence-electron chi connectivity index (χ1n) is 7.99. The van der Waals surface area contributed by atoms with Crippen LogP contribution in [0.3, 0.4) is 0 Å². The van der Waals surface area contributed by atoms with E-state index >= 15 is 0 Å². The van der Waals surface area contributed by atoms with Crippen LogP contribution in [-0.2, 0) is 14.8 Å². The van der Waals surface area contributed by atoms with Crippen LogP contribution in [0.2, 0.25) is 5.02 Å². The van der Waals surface area contributed by atoms with Gasteiger partial charge in [-0.15, -0.1) is 0 Å². The minimum Gasteiger partial charge on any atom is -0.478 e. The van der Waals surface area contributed by atoms with Crippen molar-refractivity contribution >= 4 is 33.5 Å². The number of likely N-dealkylation sites (N-methyl/N-ethyl adjacent to an activating group) is 1. The number of hydrogen-bond donors (Lipinski definition) is 1. The van der Waals surface area contributed by atoms with Gasteiger partial charge in [0.2, 0.25) is 15.9 Å². The Kier molecular flexibility index (Phi) is 6.08. The standard InChI is InChI=1S/C16H21ClN2O5S/c1-3-4-5-13-15(20)18(2)8-9-19(13)25(23,24)14-10-11(16(21)22)6-7-12(14)17/h6-7,10,13H,3-5,8-9H2,1-2H3,(H,21,22). The number of hydrogen-bond acceptors (Lipinski definition) is 4. The molecule has 25 heavy (non-hydrogen) atoms. The quantitative estimate of drug-likeness (QED) is 0.804. The summed E-state index contributed by atoms with van der Waals surface area (Å²) in [6.07, 6.45) is 1.95. The number of halogens is 1. The highest BCUT2D eigenvalue weighted by Gasteiger charge is 2.41. The maximum Gasteiger partial charge on any atom is 0.335 e. The van der Waals surface area contributed by atoms with Crippen LogP contribution in [0.25, 0.3) is 0 Å². The number of carbonyl (C=O) groups excluding carboxylic acids is 1. The Morgan fingerprint density at radius 2 is 2.04 bits per heavy atom. The highest BCUT2D eigenvalue weighted by atomic mass is 35.5. The highest BCUT2D eigenvalue weighted by Crippen LogP contribution is 2.30. The Morgan fingerprint density at radius 3 is 2.64 bits per heavy atom. The van der Waals surface area contributed by atoms with Gasteiger partial charge in [-0.05, 0) is 24.6 Å². The molecule has 1 atom stereocenters. The van der Waals surface area contributed by atoms with E-state index in [1.807, 2.05) is 6.92 Å². The number of aromatic carboxylic acids is 1. The van der Waals surface area contributed by atoms with E-state index in [0.717, 1.165) is 16.8 Å². The highest BCUT2D eigenvalue weighted by molar-refractivity contribution is 7.89. The first-order chi connectivity index (χ1) is 11.7. The van der Waals surface area contributed by atoms with Crippen LogP contribution in [0.5, 0.6) is 0 Å². The maximum absolute atomic E-state index is 13.1. The van der Waals surface area contributed by atoms with Gasteiger partial charge in [-0.1, -0.05) is 31.4 Å². The fraction of sp³-hybridized carbons (Fsp3) is 0.500. The summed E-state index contributed by atoms with van der Waals surface area (Å²) in [6, 6.07) is 2.73. The van der Waals surface area contributed by atoms with Gasteiger partial charge in [0.05, 0.1) is 10.6 Å². The zero-order valence-electron chi connectivity index (χ0n) is 14.1. The molecule has 138 valence electrons. The lowest BCUT2D eigenvalue weighted by molar-refractivity contribution is -0.137. The molecular weight excluding hydrogens is 368 g/mol. The molecule has 0 aliphatic carbocycles. The number of carboxylic acids is 1. The van der Waals surface area contributed by atoms with Gasteiger partial charge in [-0.2, -0.15) is 4.31 Å². The minimum atomic E-state index is -4.09. The van der Waals surface area contributed by atoms with Gasteiger partial charge in [0, 0.05) is 20.1 Å². The zero-order valence-corrected chi connectivity index (χ0v) is 15.7. The molecule has 0 spiro atoms. The number of sulfonamides is 1. The van der Waals surface area contributed by atoms with Crippen LogP contribution in [0.4, 0.5) is 0 Å². The number of rotatable bonds is 6. The van der Waals surface area contributed by atoms with Crippen LogP contribution in [0.1, 0.15) is 36.5 Å². The molecule has 9 heteroatoms. The maximum atomic E-state index is 13.1. The second-order valence-electron chi connectivity index (χ2n) is 5.98. The van der Waals surface area contributed by atoms with Crippen molar-refractivity contribution < 1.29 is 23.1 Å². The van der Waals surface area contributed by atoms with Crippen molar-refractivity contribution in [2.75, 3.05) is 20.1 Å². The molecule has 0 aromatic heterocycles. The Hall–Kier alpha value is -1.64. The molecule has 1 fully saturated rings. The lowest BCUT2D eigenvalue weighted by Crippen LogP contribution is -2.57. The van der Waals surface area contributed by atoms with E-state index in [1.165, 1.54) is 17.0 Å². The first-order valence-corrected chi connectivity index (χ1v) is 9.81. The molecule has 0 saturated carbocycles. The third kappa shape index (κ3) is 3.96. The van der Waals surface area contributed by atoms with E-state index in [-0.39, 0.29) is 34.5 Å². The van der Waals surface area contributed by atoms with E-state index in [9.17, 15) is 18.0 Å². The molecule has 1 N–H and O–H groups in total. The molecule has 0 radical (unpaired) electrons. The summed E-state index contributed by atoms with van der Waals surface area (Å²) in [5.74, 6) is -1.50. The molecule has 2 rings (SSSR count). The minimum absolute atomic E-state index is 0.0642. The molecule has 1 heterocycles. The molecule has 1 saturated heterocycles. The van der Waals surface area contributed by atoms with Gasteiger partial charge in [0.25, 0.3) is 0 Å². The molecule has 7 nitrogen and oxygen atoms in total. The van der Waals surface area contributed by atoms with Crippen molar-refractivity contribution in [3.8, 4) is 0 Å². The van der Waals surface area contributed by atoms with Crippen LogP contribution in [-0.4, -0.2) is 60.8 Å². The van der Waals surface area contributed by atoms with E-state index in [0.29, 0.717) is 12.8 Å². The zero-order chi connectivity index (χ0) is 18.8. The average Bonchev–Trinajstić information content (AvgIpc) is 2.55. The molecule has 1 aliphatic heterocycles. The normalized spacial score (nSPS) is 19.2. The molecule has 1 aromatic carbocycles. The monoisotopic (exact) mass is 388 g/mol. The molecule has 1 aliphatic rings. The van der Waals surface area contributed by atoms with Gasteiger partial charge >= 0.3 is 5.97 Å². The van der Waals surface area contributed by atoms with Gasteiger partial charge in [-0.3, -0.25) is 4.79 Å². The summed E-state index contributed by atoms with van der Waals surface area (Å²) in [5, 5.41) is 9.04. The second kappa shape index (κ2) is 7.72. The lowest BCUT2D eigenvalue weighted by Gasteiger charge is -2.38. The van der Waals surface area contributed by atoms with Gasteiger partial charge < -0.3 is 10.0 Å². The topological polar surface area (TPSA) is 95.0 Å². The van der Waals surface area contributed by atoms with Gasteiger partial charge in [0.15, 0.2) is 0 Å². The summed E-state index contributed by atoms with van der Waals surface area (Å²) in [4.78, 5) is 24.9. The molecule has 1 amide bonds. The number of amides is 1. The van der Waals surface area contributed by atoms with Crippen molar-refractivity contribution in [3.63, 3.8) is 0 Å². The SMILES string of the molecule is CCCCC1C(=O)N(C)CCN1S(=O)(=O)c1cc(C(=O)O)ccc1Cl. The predicted octanol–water partition coefficient (Wildman–Crippen LogP) is 2.06. The Morgan fingerprint density at radius 1 is 1.36 bits per heavy atom. The van der Waals surface area contributed by atoms with Crippen LogP contribution >= 0.6 is 11.6 Å². The number of piperazine rings is 1. The summed E-state index contributed by atoms with van der Waals surface area (Å²) in [7, 11) is -2.45. The van der Waals surface area contributed by atoms with Gasteiger partial charge in [-0.25, -0.2) is 13.2 Å². The van der Waals surface area contributed by atoms with Crippen LogP contribution < -0.4 is 0 Å². The number of benzene rings is 1. The largest absolute Gasteiger partial charge is 0.478 e. The van der Waals surface area contributed by atoms with E-state index < -0.39 is 22.0 Å². The van der Waals surface area contributed by atoms with Crippen molar-refractivity contribution in [2.24, 2.45) is 0 Å².